The molecule has 34 heavy (non-hydrogen) atoms. The molecule has 182 valence electrons. The molecular formula is C24H27F3N4O2S. The zero-order valence-electron chi connectivity index (χ0n) is 19.5. The van der Waals surface area contributed by atoms with Gasteiger partial charge in [0, 0.05) is 49.4 Å². The van der Waals surface area contributed by atoms with E-state index >= 15 is 0 Å². The molecule has 6 nitrogen and oxygen atoms in total. The standard InChI is InChI=1S/C24H27F3N4O2S/c1-23(2)15-30(17-9-11-18(12-10-17)34(32,33)24(25,26)27)16-31(23)14-20-19-7-5-6-8-21(19)28-13-22(20)29(3)4/h5-13H,14-16H2,1-4H3. The van der Waals surface area contributed by atoms with Crippen LogP contribution in [0, 0.1) is 0 Å². The van der Waals surface area contributed by atoms with Crippen molar-refractivity contribution in [3.8, 4) is 0 Å². The number of halogens is 3. The molecule has 0 N–H and O–H groups in total. The van der Waals surface area contributed by atoms with E-state index in [4.69, 9.17) is 0 Å². The van der Waals surface area contributed by atoms with Crippen LogP contribution < -0.4 is 9.80 Å². The van der Waals surface area contributed by atoms with E-state index in [0.29, 0.717) is 25.4 Å². The average Bonchev–Trinajstić information content (AvgIpc) is 3.07. The average molecular weight is 493 g/mol. The summed E-state index contributed by atoms with van der Waals surface area (Å²) in [5.41, 5.74) is -1.79. The maximum Gasteiger partial charge on any atom is 0.501 e. The molecule has 0 bridgehead atoms. The number of fused-ring (bicyclic) bond motifs is 1. The van der Waals surface area contributed by atoms with Gasteiger partial charge in [-0.05, 0) is 44.2 Å². The van der Waals surface area contributed by atoms with Gasteiger partial charge in [-0.15, -0.1) is 0 Å². The molecule has 2 aromatic carbocycles. The lowest BCUT2D eigenvalue weighted by atomic mass is 10.0. The Labute approximate surface area is 197 Å². The van der Waals surface area contributed by atoms with Crippen LogP contribution in [0.4, 0.5) is 24.5 Å². The van der Waals surface area contributed by atoms with Crippen LogP contribution in [0.3, 0.4) is 0 Å². The van der Waals surface area contributed by atoms with E-state index in [1.807, 2.05) is 48.3 Å². The van der Waals surface area contributed by atoms with Crippen molar-refractivity contribution in [3.05, 3.63) is 60.3 Å². The molecule has 1 aromatic heterocycles. The first-order valence-corrected chi connectivity index (χ1v) is 12.2. The van der Waals surface area contributed by atoms with Crippen LogP contribution in [-0.4, -0.2) is 56.7 Å². The van der Waals surface area contributed by atoms with Crippen molar-refractivity contribution in [2.24, 2.45) is 0 Å². The summed E-state index contributed by atoms with van der Waals surface area (Å²) in [5.74, 6) is 0. The van der Waals surface area contributed by atoms with Crippen LogP contribution >= 0.6 is 0 Å². The van der Waals surface area contributed by atoms with E-state index in [9.17, 15) is 21.6 Å². The molecule has 1 aliphatic heterocycles. The number of anilines is 2. The lowest BCUT2D eigenvalue weighted by Crippen LogP contribution is -2.39. The Balaban J connectivity index is 1.62. The topological polar surface area (TPSA) is 56.8 Å². The summed E-state index contributed by atoms with van der Waals surface area (Å²) in [6, 6.07) is 12.9. The highest BCUT2D eigenvalue weighted by molar-refractivity contribution is 7.92. The van der Waals surface area contributed by atoms with Crippen molar-refractivity contribution < 1.29 is 21.6 Å². The summed E-state index contributed by atoms with van der Waals surface area (Å²) in [4.78, 5) is 10.2. The number of benzene rings is 2. The number of rotatable bonds is 5. The quantitative estimate of drug-likeness (QED) is 0.517. The fraction of sp³-hybridized carbons (Fsp3) is 0.375. The largest absolute Gasteiger partial charge is 0.501 e. The SMILES string of the molecule is CN(C)c1cnc2ccccc2c1CN1CN(c2ccc(S(=O)(=O)C(F)(F)F)cc2)CC1(C)C. The Morgan fingerprint density at radius 1 is 1.06 bits per heavy atom. The Morgan fingerprint density at radius 3 is 2.32 bits per heavy atom. The Hall–Kier alpha value is -2.85. The Bertz CT molecular complexity index is 1310. The molecule has 0 amide bonds. The first-order chi connectivity index (χ1) is 15.8. The molecule has 0 aliphatic carbocycles. The third-order valence-electron chi connectivity index (χ3n) is 6.29. The molecule has 0 spiro atoms. The summed E-state index contributed by atoms with van der Waals surface area (Å²) in [6.45, 7) is 6.07. The number of hydrogen-bond acceptors (Lipinski definition) is 6. The summed E-state index contributed by atoms with van der Waals surface area (Å²) >= 11 is 0. The first-order valence-electron chi connectivity index (χ1n) is 10.8. The molecule has 3 aromatic rings. The van der Waals surface area contributed by atoms with E-state index in [1.165, 1.54) is 12.1 Å². The molecule has 0 unspecified atom stereocenters. The fourth-order valence-corrected chi connectivity index (χ4v) is 5.11. The van der Waals surface area contributed by atoms with Gasteiger partial charge in [-0.25, -0.2) is 8.42 Å². The van der Waals surface area contributed by atoms with Gasteiger partial charge in [0.1, 0.15) is 0 Å². The van der Waals surface area contributed by atoms with Crippen molar-refractivity contribution in [1.29, 1.82) is 0 Å². The van der Waals surface area contributed by atoms with Gasteiger partial charge in [0.25, 0.3) is 9.84 Å². The van der Waals surface area contributed by atoms with Gasteiger partial charge in [-0.3, -0.25) is 9.88 Å². The molecule has 1 aliphatic rings. The molecule has 10 heteroatoms. The summed E-state index contributed by atoms with van der Waals surface area (Å²) in [6.07, 6.45) is 1.87. The minimum atomic E-state index is -5.36. The van der Waals surface area contributed by atoms with Crippen molar-refractivity contribution in [3.63, 3.8) is 0 Å². The number of pyridine rings is 1. The number of hydrogen-bond donors (Lipinski definition) is 0. The van der Waals surface area contributed by atoms with Gasteiger partial charge in [0.2, 0.25) is 0 Å². The second-order valence-corrected chi connectivity index (χ2v) is 11.3. The molecule has 4 rings (SSSR count). The van der Waals surface area contributed by atoms with Gasteiger partial charge in [0.05, 0.1) is 29.0 Å². The van der Waals surface area contributed by atoms with Crippen LogP contribution in [-0.2, 0) is 16.4 Å². The monoisotopic (exact) mass is 492 g/mol. The lowest BCUT2D eigenvalue weighted by Gasteiger charge is -2.31. The van der Waals surface area contributed by atoms with Crippen LogP contribution in [0.5, 0.6) is 0 Å². The van der Waals surface area contributed by atoms with Crippen molar-refractivity contribution in [1.82, 2.24) is 9.88 Å². The molecule has 1 fully saturated rings. The van der Waals surface area contributed by atoms with Crippen molar-refractivity contribution in [2.45, 2.75) is 36.3 Å². The van der Waals surface area contributed by atoms with Gasteiger partial charge in [0.15, 0.2) is 0 Å². The Morgan fingerprint density at radius 2 is 1.71 bits per heavy atom. The maximum absolute atomic E-state index is 12.9. The zero-order chi connectivity index (χ0) is 24.9. The van der Waals surface area contributed by atoms with Gasteiger partial charge in [-0.1, -0.05) is 18.2 Å². The molecule has 1 saturated heterocycles. The Kier molecular flexibility index (Phi) is 6.02. The highest BCUT2D eigenvalue weighted by Gasteiger charge is 2.47. The predicted octanol–water partition coefficient (Wildman–Crippen LogP) is 4.65. The van der Waals surface area contributed by atoms with E-state index in [0.717, 1.165) is 34.3 Å². The third kappa shape index (κ3) is 4.32. The summed E-state index contributed by atoms with van der Waals surface area (Å²) in [7, 11) is -1.41. The summed E-state index contributed by atoms with van der Waals surface area (Å²) < 4.78 is 62.0. The van der Waals surface area contributed by atoms with Crippen LogP contribution in [0.15, 0.2) is 59.6 Å². The minimum absolute atomic E-state index is 0.231. The highest BCUT2D eigenvalue weighted by Crippen LogP contribution is 2.36. The smallest absolute Gasteiger partial charge is 0.376 e. The molecule has 0 saturated carbocycles. The minimum Gasteiger partial charge on any atom is -0.376 e. The van der Waals surface area contributed by atoms with Gasteiger partial charge in [-0.2, -0.15) is 13.2 Å². The molecule has 2 heterocycles. The predicted molar refractivity (Wildman–Crippen MR) is 128 cm³/mol. The van der Waals surface area contributed by atoms with Crippen molar-refractivity contribution >= 4 is 32.1 Å². The second kappa shape index (κ2) is 8.42. The van der Waals surface area contributed by atoms with Gasteiger partial charge >= 0.3 is 5.51 Å². The van der Waals surface area contributed by atoms with Crippen LogP contribution in [0.25, 0.3) is 10.9 Å². The zero-order valence-corrected chi connectivity index (χ0v) is 20.3. The second-order valence-electron chi connectivity index (χ2n) is 9.33. The number of aromatic nitrogens is 1. The number of nitrogens with zero attached hydrogens (tertiary/aromatic N) is 4. The first kappa shape index (κ1) is 24.3. The van der Waals surface area contributed by atoms with Gasteiger partial charge < -0.3 is 9.80 Å². The van der Waals surface area contributed by atoms with Crippen molar-refractivity contribution in [2.75, 3.05) is 37.1 Å². The lowest BCUT2D eigenvalue weighted by molar-refractivity contribution is -0.0436. The molecular weight excluding hydrogens is 465 g/mol. The maximum atomic E-state index is 12.9. The van der Waals surface area contributed by atoms with E-state index in [-0.39, 0.29) is 5.54 Å². The highest BCUT2D eigenvalue weighted by atomic mass is 32.2. The van der Waals surface area contributed by atoms with E-state index < -0.39 is 20.2 Å². The number of alkyl halides is 3. The molecule has 0 atom stereocenters. The van der Waals surface area contributed by atoms with Crippen LogP contribution in [0.1, 0.15) is 19.4 Å². The van der Waals surface area contributed by atoms with E-state index in [1.54, 1.807) is 0 Å². The van der Waals surface area contributed by atoms with E-state index in [2.05, 4.69) is 29.8 Å². The fourth-order valence-electron chi connectivity index (χ4n) is 4.35. The third-order valence-corrected chi connectivity index (χ3v) is 7.79. The summed E-state index contributed by atoms with van der Waals surface area (Å²) in [5, 5.41) is 1.07. The number of para-hydroxylation sites is 1. The number of sulfone groups is 1. The molecule has 0 radical (unpaired) electrons. The van der Waals surface area contributed by atoms with Crippen LogP contribution in [0.2, 0.25) is 0 Å². The normalized spacial score (nSPS) is 16.9.